The fourth-order valence-corrected chi connectivity index (χ4v) is 2.37. The Kier molecular flexibility index (Phi) is 11.1. The summed E-state index contributed by atoms with van der Waals surface area (Å²) in [7, 11) is -3.86. The fourth-order valence-electron chi connectivity index (χ4n) is 1.80. The van der Waals surface area contributed by atoms with Crippen LogP contribution < -0.4 is 34.9 Å². The van der Waals surface area contributed by atoms with Crippen molar-refractivity contribution in [3.8, 4) is 0 Å². The van der Waals surface area contributed by atoms with Crippen molar-refractivity contribution in [1.29, 1.82) is 0 Å². The van der Waals surface area contributed by atoms with Crippen LogP contribution in [0.2, 0.25) is 0 Å². The number of hydrogen-bond acceptors (Lipinski definition) is 3. The second-order valence-corrected chi connectivity index (χ2v) is 6.34. The standard InChI is InChI=1S/C13H22NO4P.Na.H/c15-13(12-6-2-1-3-7-12)8-4-9-14-10-5-11-19(16,17)18;;/h1-3,6-7,13-15H,4-5,8-11H2,(H2,16,17,18);;/q;+1;-1. The van der Waals surface area contributed by atoms with E-state index in [4.69, 9.17) is 9.79 Å². The first-order valence-electron chi connectivity index (χ1n) is 6.47. The molecule has 0 aliphatic heterocycles. The van der Waals surface area contributed by atoms with Gasteiger partial charge in [0.05, 0.1) is 12.3 Å². The van der Waals surface area contributed by atoms with E-state index in [0.717, 1.165) is 18.5 Å². The molecule has 0 heterocycles. The van der Waals surface area contributed by atoms with Crippen molar-refractivity contribution in [3.05, 3.63) is 35.9 Å². The molecule has 0 aliphatic carbocycles. The van der Waals surface area contributed by atoms with Crippen LogP contribution in [0.1, 0.15) is 32.4 Å². The minimum Gasteiger partial charge on any atom is -1.00 e. The molecule has 5 nitrogen and oxygen atoms in total. The maximum atomic E-state index is 10.6. The molecule has 1 aromatic carbocycles. The predicted molar refractivity (Wildman–Crippen MR) is 76.1 cm³/mol. The zero-order valence-corrected chi connectivity index (χ0v) is 14.8. The predicted octanol–water partition coefficient (Wildman–Crippen LogP) is -1.23. The first-order valence-corrected chi connectivity index (χ1v) is 8.27. The van der Waals surface area contributed by atoms with Gasteiger partial charge in [-0.2, -0.15) is 0 Å². The summed E-state index contributed by atoms with van der Waals surface area (Å²) in [6.07, 6.45) is 1.44. The second kappa shape index (κ2) is 10.9. The number of aliphatic hydroxyl groups is 1. The molecule has 1 atom stereocenters. The number of rotatable bonds is 9. The van der Waals surface area contributed by atoms with E-state index in [1.807, 2.05) is 30.3 Å². The van der Waals surface area contributed by atoms with Crippen LogP contribution in [0.5, 0.6) is 0 Å². The monoisotopic (exact) mass is 311 g/mol. The van der Waals surface area contributed by atoms with Gasteiger partial charge in [-0.3, -0.25) is 4.57 Å². The van der Waals surface area contributed by atoms with Crippen LogP contribution in [0.15, 0.2) is 30.3 Å². The van der Waals surface area contributed by atoms with Crippen LogP contribution in [0.3, 0.4) is 0 Å². The molecule has 110 valence electrons. The molecule has 0 fully saturated rings. The maximum Gasteiger partial charge on any atom is 1.00 e. The molecular formula is C13H23NNaO4P. The molecule has 0 aromatic heterocycles. The quantitative estimate of drug-likeness (QED) is 0.261. The molecule has 7 heteroatoms. The van der Waals surface area contributed by atoms with Gasteiger partial charge in [0, 0.05) is 0 Å². The van der Waals surface area contributed by atoms with Crippen LogP contribution in [-0.4, -0.2) is 34.1 Å². The first kappa shape index (κ1) is 20.3. The fraction of sp³-hybridized carbons (Fsp3) is 0.538. The van der Waals surface area contributed by atoms with Gasteiger partial charge in [0.25, 0.3) is 0 Å². The average Bonchev–Trinajstić information content (AvgIpc) is 2.37. The third-order valence-electron chi connectivity index (χ3n) is 2.82. The minimum absolute atomic E-state index is 0. The van der Waals surface area contributed by atoms with Gasteiger partial charge in [0.1, 0.15) is 0 Å². The Bertz CT molecular complexity index is 404. The Morgan fingerprint density at radius 3 is 2.35 bits per heavy atom. The first-order chi connectivity index (χ1) is 8.99. The van der Waals surface area contributed by atoms with Crippen molar-refractivity contribution in [2.75, 3.05) is 19.3 Å². The van der Waals surface area contributed by atoms with Crippen molar-refractivity contribution in [2.24, 2.45) is 0 Å². The topological polar surface area (TPSA) is 89.8 Å². The average molecular weight is 311 g/mol. The number of benzene rings is 1. The smallest absolute Gasteiger partial charge is 1.00 e. The Morgan fingerprint density at radius 2 is 1.75 bits per heavy atom. The summed E-state index contributed by atoms with van der Waals surface area (Å²) < 4.78 is 10.6. The minimum atomic E-state index is -3.86. The second-order valence-electron chi connectivity index (χ2n) is 4.56. The summed E-state index contributed by atoms with van der Waals surface area (Å²) in [6, 6.07) is 9.52. The Morgan fingerprint density at radius 1 is 1.15 bits per heavy atom. The van der Waals surface area contributed by atoms with Crippen LogP contribution in [0.4, 0.5) is 0 Å². The maximum absolute atomic E-state index is 10.6. The molecule has 4 N–H and O–H groups in total. The van der Waals surface area contributed by atoms with Crippen molar-refractivity contribution in [2.45, 2.75) is 25.4 Å². The van der Waals surface area contributed by atoms with Gasteiger partial charge in [0.2, 0.25) is 0 Å². The number of aliphatic hydroxyl groups excluding tert-OH is 1. The van der Waals surface area contributed by atoms with E-state index in [9.17, 15) is 9.67 Å². The van der Waals surface area contributed by atoms with Gasteiger partial charge in [-0.25, -0.2) is 0 Å². The van der Waals surface area contributed by atoms with E-state index in [2.05, 4.69) is 5.32 Å². The summed E-state index contributed by atoms with van der Waals surface area (Å²) >= 11 is 0. The van der Waals surface area contributed by atoms with Gasteiger partial charge >= 0.3 is 37.2 Å². The summed E-state index contributed by atoms with van der Waals surface area (Å²) in [5.41, 5.74) is 0.920. The molecule has 20 heavy (non-hydrogen) atoms. The summed E-state index contributed by atoms with van der Waals surface area (Å²) in [6.45, 7) is 1.33. The van der Waals surface area contributed by atoms with E-state index < -0.39 is 13.7 Å². The van der Waals surface area contributed by atoms with Gasteiger partial charge in [-0.1, -0.05) is 30.3 Å². The van der Waals surface area contributed by atoms with Crippen LogP contribution in [-0.2, 0) is 4.57 Å². The van der Waals surface area contributed by atoms with E-state index in [1.165, 1.54) is 0 Å². The van der Waals surface area contributed by atoms with Crippen molar-refractivity contribution in [3.63, 3.8) is 0 Å². The molecular weight excluding hydrogens is 288 g/mol. The van der Waals surface area contributed by atoms with Crippen LogP contribution in [0.25, 0.3) is 0 Å². The summed E-state index contributed by atoms with van der Waals surface area (Å²) in [5.74, 6) is 0. The molecule has 1 aromatic rings. The summed E-state index contributed by atoms with van der Waals surface area (Å²) in [4.78, 5) is 17.3. The molecule has 0 saturated carbocycles. The van der Waals surface area contributed by atoms with Crippen molar-refractivity contribution >= 4 is 7.60 Å². The SMILES string of the molecule is O=P(O)(O)CCCNCCCC(O)c1ccccc1.[H-].[Na+]. The third-order valence-corrected chi connectivity index (χ3v) is 3.72. The van der Waals surface area contributed by atoms with Gasteiger partial charge < -0.3 is 21.6 Å². The normalized spacial score (nSPS) is 12.8. The van der Waals surface area contributed by atoms with Crippen LogP contribution >= 0.6 is 7.60 Å². The molecule has 0 radical (unpaired) electrons. The molecule has 0 spiro atoms. The number of nitrogens with one attached hydrogen (secondary N) is 1. The van der Waals surface area contributed by atoms with Gasteiger partial charge in [0.15, 0.2) is 0 Å². The third kappa shape index (κ3) is 10.1. The molecule has 0 aliphatic rings. The zero-order valence-electron chi connectivity index (χ0n) is 12.9. The summed E-state index contributed by atoms with van der Waals surface area (Å²) in [5, 5.41) is 13.0. The van der Waals surface area contributed by atoms with E-state index in [0.29, 0.717) is 19.4 Å². The largest absolute Gasteiger partial charge is 1.00 e. The van der Waals surface area contributed by atoms with E-state index >= 15 is 0 Å². The van der Waals surface area contributed by atoms with Crippen molar-refractivity contribution < 1.29 is 50.4 Å². The molecule has 0 amide bonds. The number of hydrogen-bond donors (Lipinski definition) is 4. The van der Waals surface area contributed by atoms with Gasteiger partial charge in [-0.15, -0.1) is 0 Å². The Balaban J connectivity index is 0. The molecule has 1 unspecified atom stereocenters. The molecule has 0 saturated heterocycles. The molecule has 1 rings (SSSR count). The van der Waals surface area contributed by atoms with E-state index in [1.54, 1.807) is 0 Å². The molecule has 0 bridgehead atoms. The Hall–Kier alpha value is 0.290. The Labute approximate surface area is 143 Å². The zero-order chi connectivity index (χ0) is 14.1. The van der Waals surface area contributed by atoms with Crippen molar-refractivity contribution in [1.82, 2.24) is 5.32 Å². The van der Waals surface area contributed by atoms with E-state index in [-0.39, 0.29) is 37.1 Å². The van der Waals surface area contributed by atoms with Gasteiger partial charge in [-0.05, 0) is 37.9 Å². The van der Waals surface area contributed by atoms with Crippen LogP contribution in [0, 0.1) is 0 Å².